The lowest BCUT2D eigenvalue weighted by Crippen LogP contribution is -2.44. The van der Waals surface area contributed by atoms with E-state index in [4.69, 9.17) is 4.74 Å². The minimum absolute atomic E-state index is 0.00790. The molecule has 4 rings (SSSR count). The third-order valence-electron chi connectivity index (χ3n) is 4.25. The summed E-state index contributed by atoms with van der Waals surface area (Å²) in [6, 6.07) is 14.7. The molecule has 0 N–H and O–H groups in total. The number of benzene rings is 2. The Morgan fingerprint density at radius 1 is 1.15 bits per heavy atom. The van der Waals surface area contributed by atoms with Gasteiger partial charge in [-0.3, -0.25) is 0 Å². The van der Waals surface area contributed by atoms with Crippen LogP contribution in [-0.4, -0.2) is 15.5 Å². The summed E-state index contributed by atoms with van der Waals surface area (Å²) in [7, 11) is -2.64. The monoisotopic (exact) mass is 627 g/mol. The van der Waals surface area contributed by atoms with Crippen LogP contribution >= 0.6 is 56.5 Å². The summed E-state index contributed by atoms with van der Waals surface area (Å²) >= 11 is 5.15. The minimum Gasteiger partial charge on any atom is -0.497 e. The van der Waals surface area contributed by atoms with Crippen molar-refractivity contribution in [1.82, 2.24) is 0 Å². The normalized spacial score (nSPS) is 18.7. The van der Waals surface area contributed by atoms with Crippen LogP contribution in [0.5, 0.6) is 5.75 Å². The lowest BCUT2D eigenvalue weighted by molar-refractivity contribution is 0.331. The van der Waals surface area contributed by atoms with E-state index in [1.165, 1.54) is 30.6 Å². The third kappa shape index (κ3) is 3.06. The standard InChI is InChI=1S/C18H12FI2NO3S2/c1-25-11-6-8-12(9-7-11)27(23,24)22-15-10-16(20)26-17(15)13-4-2-3-5-14(13)18(22,19)21/h2-10H,1H3. The molecule has 0 saturated carbocycles. The van der Waals surface area contributed by atoms with Crippen LogP contribution in [-0.2, 0) is 13.8 Å². The second-order valence-electron chi connectivity index (χ2n) is 5.80. The van der Waals surface area contributed by atoms with Crippen molar-refractivity contribution in [2.45, 2.75) is 8.69 Å². The predicted octanol–water partition coefficient (Wildman–Crippen LogP) is 5.75. The number of hydrogen-bond donors (Lipinski definition) is 0. The summed E-state index contributed by atoms with van der Waals surface area (Å²) in [5, 5.41) is 0. The van der Waals surface area contributed by atoms with E-state index in [0.29, 0.717) is 17.0 Å². The number of ether oxygens (including phenoxy) is 1. The largest absolute Gasteiger partial charge is 0.497 e. The highest BCUT2D eigenvalue weighted by molar-refractivity contribution is 14.1. The summed E-state index contributed by atoms with van der Waals surface area (Å²) in [5.74, 6) is 0.532. The summed E-state index contributed by atoms with van der Waals surface area (Å²) in [5.41, 5.74) is 1.41. The molecule has 0 amide bonds. The number of fused-ring (bicyclic) bond motifs is 3. The van der Waals surface area contributed by atoms with Gasteiger partial charge in [0.05, 0.1) is 25.5 Å². The van der Waals surface area contributed by atoms with E-state index < -0.39 is 13.8 Å². The molecule has 27 heavy (non-hydrogen) atoms. The van der Waals surface area contributed by atoms with E-state index in [-0.39, 0.29) is 4.90 Å². The molecule has 1 aliphatic heterocycles. The number of anilines is 1. The summed E-state index contributed by atoms with van der Waals surface area (Å²) in [4.78, 5) is 0.755. The number of thiophene rings is 1. The molecule has 1 aliphatic rings. The smallest absolute Gasteiger partial charge is 0.272 e. The van der Waals surface area contributed by atoms with Crippen molar-refractivity contribution in [3.8, 4) is 16.2 Å². The van der Waals surface area contributed by atoms with Gasteiger partial charge in [-0.25, -0.2) is 17.1 Å². The molecular formula is C18H12FI2NO3S2. The Morgan fingerprint density at radius 3 is 2.48 bits per heavy atom. The lowest BCUT2D eigenvalue weighted by atomic mass is 10.0. The predicted molar refractivity (Wildman–Crippen MR) is 122 cm³/mol. The molecule has 0 aliphatic carbocycles. The molecule has 0 radical (unpaired) electrons. The highest BCUT2D eigenvalue weighted by Gasteiger charge is 2.50. The fourth-order valence-corrected chi connectivity index (χ4v) is 7.96. The van der Waals surface area contributed by atoms with Crippen molar-refractivity contribution in [3.63, 3.8) is 0 Å². The summed E-state index contributed by atoms with van der Waals surface area (Å²) < 4.78 is 47.5. The Hall–Kier alpha value is -0.920. The average molecular weight is 627 g/mol. The van der Waals surface area contributed by atoms with Gasteiger partial charge in [0.2, 0.25) is 0 Å². The van der Waals surface area contributed by atoms with Crippen LogP contribution in [0, 0.1) is 2.88 Å². The van der Waals surface area contributed by atoms with Crippen molar-refractivity contribution < 1.29 is 17.5 Å². The highest BCUT2D eigenvalue weighted by Crippen LogP contribution is 2.56. The van der Waals surface area contributed by atoms with Gasteiger partial charge in [0, 0.05) is 11.1 Å². The zero-order valence-corrected chi connectivity index (χ0v) is 19.8. The van der Waals surface area contributed by atoms with Gasteiger partial charge in [-0.05, 0) is 75.5 Å². The van der Waals surface area contributed by atoms with E-state index >= 15 is 4.39 Å². The van der Waals surface area contributed by atoms with E-state index in [1.807, 2.05) is 12.1 Å². The first-order chi connectivity index (χ1) is 12.8. The molecule has 0 fully saturated rings. The number of halogens is 3. The Morgan fingerprint density at radius 2 is 1.81 bits per heavy atom. The van der Waals surface area contributed by atoms with Gasteiger partial charge in [0.25, 0.3) is 13.8 Å². The minimum atomic E-state index is -4.14. The molecular weight excluding hydrogens is 615 g/mol. The van der Waals surface area contributed by atoms with Gasteiger partial charge in [0.15, 0.2) is 0 Å². The molecule has 2 aromatic carbocycles. The van der Waals surface area contributed by atoms with Gasteiger partial charge < -0.3 is 4.74 Å². The van der Waals surface area contributed by atoms with Gasteiger partial charge in [0.1, 0.15) is 5.75 Å². The number of nitrogens with zero attached hydrogens (tertiary/aromatic N) is 1. The van der Waals surface area contributed by atoms with E-state index in [0.717, 1.165) is 17.6 Å². The van der Waals surface area contributed by atoms with Crippen LogP contribution in [0.4, 0.5) is 10.1 Å². The summed E-state index contributed by atoms with van der Waals surface area (Å²) in [6.45, 7) is 0. The lowest BCUT2D eigenvalue weighted by Gasteiger charge is -2.38. The van der Waals surface area contributed by atoms with Crippen LogP contribution in [0.15, 0.2) is 59.5 Å². The highest BCUT2D eigenvalue weighted by atomic mass is 127. The Bertz CT molecular complexity index is 1130. The maximum atomic E-state index is 16.1. The van der Waals surface area contributed by atoms with Crippen LogP contribution in [0.3, 0.4) is 0 Å². The van der Waals surface area contributed by atoms with E-state index in [9.17, 15) is 8.42 Å². The van der Waals surface area contributed by atoms with Crippen LogP contribution in [0.25, 0.3) is 10.4 Å². The second-order valence-corrected chi connectivity index (χ2v) is 12.0. The molecule has 9 heteroatoms. The fraction of sp³-hybridized carbons (Fsp3) is 0.111. The fourth-order valence-electron chi connectivity index (χ4n) is 3.03. The topological polar surface area (TPSA) is 46.6 Å². The van der Waals surface area contributed by atoms with Gasteiger partial charge in [-0.1, -0.05) is 24.3 Å². The van der Waals surface area contributed by atoms with E-state index in [1.54, 1.807) is 52.9 Å². The summed E-state index contributed by atoms with van der Waals surface area (Å²) in [6.07, 6.45) is 0. The van der Waals surface area contributed by atoms with Crippen LogP contribution in [0.1, 0.15) is 5.56 Å². The maximum Gasteiger partial charge on any atom is 0.272 e. The van der Waals surface area contributed by atoms with Gasteiger partial charge in [-0.15, -0.1) is 11.3 Å². The first-order valence-corrected chi connectivity index (χ1v) is 12.1. The first-order valence-electron chi connectivity index (χ1n) is 7.73. The number of hydrogen-bond acceptors (Lipinski definition) is 4. The Labute approximate surface area is 187 Å². The third-order valence-corrected chi connectivity index (χ3v) is 9.36. The maximum absolute atomic E-state index is 16.1. The van der Waals surface area contributed by atoms with Crippen molar-refractivity contribution in [2.75, 3.05) is 11.4 Å². The van der Waals surface area contributed by atoms with Crippen molar-refractivity contribution >= 4 is 72.2 Å². The first kappa shape index (κ1) is 19.4. The number of sulfonamides is 1. The number of alkyl halides is 2. The van der Waals surface area contributed by atoms with Crippen LogP contribution < -0.4 is 9.04 Å². The zero-order valence-electron chi connectivity index (χ0n) is 13.8. The molecule has 0 bridgehead atoms. The molecule has 0 spiro atoms. The second kappa shape index (κ2) is 6.85. The molecule has 3 aromatic rings. The Balaban J connectivity index is 1.96. The molecule has 0 saturated heterocycles. The van der Waals surface area contributed by atoms with Crippen LogP contribution in [0.2, 0.25) is 0 Å². The van der Waals surface area contributed by atoms with E-state index in [2.05, 4.69) is 22.6 Å². The van der Waals surface area contributed by atoms with Crippen molar-refractivity contribution in [1.29, 1.82) is 0 Å². The van der Waals surface area contributed by atoms with Gasteiger partial charge >= 0.3 is 0 Å². The van der Waals surface area contributed by atoms with Crippen molar-refractivity contribution in [2.24, 2.45) is 0 Å². The number of rotatable bonds is 3. The Kier molecular flexibility index (Phi) is 4.92. The quantitative estimate of drug-likeness (QED) is 0.211. The van der Waals surface area contributed by atoms with Gasteiger partial charge in [-0.2, -0.15) is 0 Å². The molecule has 1 atom stereocenters. The average Bonchev–Trinajstić information content (AvgIpc) is 3.02. The number of methoxy groups -OCH3 is 1. The molecule has 140 valence electrons. The molecule has 2 heterocycles. The zero-order chi connectivity index (χ0) is 19.4. The van der Waals surface area contributed by atoms with Crippen molar-refractivity contribution in [3.05, 3.63) is 63.0 Å². The molecule has 4 nitrogen and oxygen atoms in total. The SMILES string of the molecule is COc1ccc(S(=O)(=O)N2c3cc(I)sc3-c3ccccc3C2(F)I)cc1. The molecule has 1 aromatic heterocycles. The molecule has 1 unspecified atom stereocenters.